The Labute approximate surface area is 112 Å². The van der Waals surface area contributed by atoms with Gasteiger partial charge in [-0.2, -0.15) is 5.10 Å². The molecule has 5 heteroatoms. The molecule has 0 aliphatic heterocycles. The van der Waals surface area contributed by atoms with Gasteiger partial charge in [0.2, 0.25) is 0 Å². The zero-order valence-corrected chi connectivity index (χ0v) is 11.2. The number of alkyl halides is 1. The Bertz CT molecular complexity index is 469. The summed E-state index contributed by atoms with van der Waals surface area (Å²) in [6.07, 6.45) is 1.58. The van der Waals surface area contributed by atoms with Crippen LogP contribution >= 0.6 is 11.6 Å². The van der Waals surface area contributed by atoms with Crippen molar-refractivity contribution in [2.24, 2.45) is 7.05 Å². The fraction of sp³-hybridized carbons (Fsp3) is 0.385. The lowest BCUT2D eigenvalue weighted by atomic mass is 10.2. The maximum Gasteiger partial charge on any atom is 0.140 e. The summed E-state index contributed by atoms with van der Waals surface area (Å²) in [6.45, 7) is 2.47. The molecule has 0 radical (unpaired) electrons. The van der Waals surface area contributed by atoms with Crippen molar-refractivity contribution in [3.63, 3.8) is 0 Å². The number of aromatic nitrogens is 3. The van der Waals surface area contributed by atoms with Gasteiger partial charge in [-0.1, -0.05) is 30.3 Å². The first-order chi connectivity index (χ1) is 8.79. The van der Waals surface area contributed by atoms with Crippen molar-refractivity contribution in [1.29, 1.82) is 0 Å². The molecule has 18 heavy (non-hydrogen) atoms. The highest BCUT2D eigenvalue weighted by molar-refractivity contribution is 6.18. The minimum atomic E-state index is 0.616. The van der Waals surface area contributed by atoms with E-state index in [0.717, 1.165) is 25.5 Å². The molecule has 0 spiro atoms. The molecule has 0 aliphatic rings. The summed E-state index contributed by atoms with van der Waals surface area (Å²) in [5.74, 6) is 1.57. The maximum atomic E-state index is 5.86. The minimum Gasteiger partial charge on any atom is -0.290 e. The molecule has 2 aromatic rings. The van der Waals surface area contributed by atoms with Gasteiger partial charge in [-0.3, -0.25) is 9.58 Å². The first-order valence-electron chi connectivity index (χ1n) is 5.94. The Morgan fingerprint density at radius 1 is 1.22 bits per heavy atom. The van der Waals surface area contributed by atoms with Crippen LogP contribution in [0.5, 0.6) is 0 Å². The summed E-state index contributed by atoms with van der Waals surface area (Å²) in [4.78, 5) is 6.52. The summed E-state index contributed by atoms with van der Waals surface area (Å²) in [5, 5.41) is 4.08. The van der Waals surface area contributed by atoms with Crippen LogP contribution in [0.1, 0.15) is 11.4 Å². The number of benzene rings is 1. The molecule has 0 saturated heterocycles. The lowest BCUT2D eigenvalue weighted by Crippen LogP contribution is -2.26. The van der Waals surface area contributed by atoms with Crippen LogP contribution < -0.4 is 0 Å². The van der Waals surface area contributed by atoms with Crippen LogP contribution in [-0.4, -0.2) is 32.1 Å². The Hall–Kier alpha value is -1.39. The molecule has 0 bridgehead atoms. The number of halogens is 1. The van der Waals surface area contributed by atoms with Crippen LogP contribution in [0.15, 0.2) is 36.7 Å². The standard InChI is InChI=1S/C13H17ClN4/c1-17-13(15-11-16-17)10-18(8-7-14)9-12-5-3-2-4-6-12/h2-6,11H,7-10H2,1H3. The molecule has 0 aliphatic carbocycles. The van der Waals surface area contributed by atoms with Crippen LogP contribution in [0.25, 0.3) is 0 Å². The third-order valence-electron chi connectivity index (χ3n) is 2.82. The van der Waals surface area contributed by atoms with E-state index in [2.05, 4.69) is 39.2 Å². The van der Waals surface area contributed by atoms with Crippen LogP contribution in [0.2, 0.25) is 0 Å². The fourth-order valence-corrected chi connectivity index (χ4v) is 2.08. The maximum absolute atomic E-state index is 5.86. The van der Waals surface area contributed by atoms with Crippen molar-refractivity contribution in [1.82, 2.24) is 19.7 Å². The minimum absolute atomic E-state index is 0.616. The molecule has 0 fully saturated rings. The molecule has 0 amide bonds. The third-order valence-corrected chi connectivity index (χ3v) is 2.99. The van der Waals surface area contributed by atoms with Crippen molar-refractivity contribution in [2.75, 3.05) is 12.4 Å². The van der Waals surface area contributed by atoms with Gasteiger partial charge in [-0.15, -0.1) is 11.6 Å². The SMILES string of the molecule is Cn1ncnc1CN(CCCl)Cc1ccccc1. The van der Waals surface area contributed by atoms with Crippen LogP contribution in [0.3, 0.4) is 0 Å². The smallest absolute Gasteiger partial charge is 0.140 e. The number of aryl methyl sites for hydroxylation is 1. The highest BCUT2D eigenvalue weighted by Crippen LogP contribution is 2.08. The number of hydrogen-bond donors (Lipinski definition) is 0. The van der Waals surface area contributed by atoms with E-state index in [-0.39, 0.29) is 0 Å². The molecule has 1 aromatic heterocycles. The monoisotopic (exact) mass is 264 g/mol. The van der Waals surface area contributed by atoms with E-state index in [9.17, 15) is 0 Å². The second kappa shape index (κ2) is 6.52. The zero-order chi connectivity index (χ0) is 12.8. The van der Waals surface area contributed by atoms with Crippen molar-refractivity contribution >= 4 is 11.6 Å². The van der Waals surface area contributed by atoms with Crippen molar-refractivity contribution in [3.05, 3.63) is 48.0 Å². The fourth-order valence-electron chi connectivity index (χ4n) is 1.84. The molecule has 4 nitrogen and oxygen atoms in total. The number of hydrogen-bond acceptors (Lipinski definition) is 3. The average molecular weight is 265 g/mol. The van der Waals surface area contributed by atoms with E-state index in [0.29, 0.717) is 5.88 Å². The highest BCUT2D eigenvalue weighted by Gasteiger charge is 2.09. The number of nitrogens with zero attached hydrogens (tertiary/aromatic N) is 4. The van der Waals surface area contributed by atoms with Crippen LogP contribution in [-0.2, 0) is 20.1 Å². The highest BCUT2D eigenvalue weighted by atomic mass is 35.5. The number of rotatable bonds is 6. The lowest BCUT2D eigenvalue weighted by molar-refractivity contribution is 0.262. The van der Waals surface area contributed by atoms with Gasteiger partial charge in [0.05, 0.1) is 6.54 Å². The Morgan fingerprint density at radius 2 is 2.00 bits per heavy atom. The molecule has 0 atom stereocenters. The third kappa shape index (κ3) is 3.55. The Balaban J connectivity index is 2.02. The molecule has 1 aromatic carbocycles. The molecule has 2 rings (SSSR count). The zero-order valence-electron chi connectivity index (χ0n) is 10.5. The van der Waals surface area contributed by atoms with Crippen LogP contribution in [0, 0.1) is 0 Å². The van der Waals surface area contributed by atoms with Gasteiger partial charge in [-0.25, -0.2) is 4.98 Å². The van der Waals surface area contributed by atoms with E-state index >= 15 is 0 Å². The van der Waals surface area contributed by atoms with Crippen molar-refractivity contribution in [3.8, 4) is 0 Å². The van der Waals surface area contributed by atoms with E-state index in [1.165, 1.54) is 5.56 Å². The molecular weight excluding hydrogens is 248 g/mol. The van der Waals surface area contributed by atoms with Gasteiger partial charge in [0.1, 0.15) is 12.2 Å². The van der Waals surface area contributed by atoms with Gasteiger partial charge in [-0.05, 0) is 5.56 Å². The first-order valence-corrected chi connectivity index (χ1v) is 6.48. The predicted molar refractivity (Wildman–Crippen MR) is 72.3 cm³/mol. The largest absolute Gasteiger partial charge is 0.290 e. The second-order valence-corrected chi connectivity index (χ2v) is 4.56. The van der Waals surface area contributed by atoms with Gasteiger partial charge in [0, 0.05) is 26.0 Å². The molecular formula is C13H17ClN4. The second-order valence-electron chi connectivity index (χ2n) is 4.19. The van der Waals surface area contributed by atoms with Gasteiger partial charge in [0.25, 0.3) is 0 Å². The summed E-state index contributed by atoms with van der Waals surface area (Å²) in [5.41, 5.74) is 1.28. The van der Waals surface area contributed by atoms with Gasteiger partial charge < -0.3 is 0 Å². The molecule has 0 N–H and O–H groups in total. The van der Waals surface area contributed by atoms with Gasteiger partial charge in [0.15, 0.2) is 0 Å². The normalized spacial score (nSPS) is 11.1. The van der Waals surface area contributed by atoms with E-state index in [4.69, 9.17) is 11.6 Å². The lowest BCUT2D eigenvalue weighted by Gasteiger charge is -2.20. The molecule has 1 heterocycles. The Morgan fingerprint density at radius 3 is 2.61 bits per heavy atom. The first kappa shape index (κ1) is 13.1. The summed E-state index contributed by atoms with van der Waals surface area (Å²) >= 11 is 5.86. The van der Waals surface area contributed by atoms with Crippen molar-refractivity contribution in [2.45, 2.75) is 13.1 Å². The topological polar surface area (TPSA) is 34.0 Å². The predicted octanol–water partition coefficient (Wildman–Crippen LogP) is 2.06. The quantitative estimate of drug-likeness (QED) is 0.749. The van der Waals surface area contributed by atoms with E-state index in [1.54, 1.807) is 11.0 Å². The van der Waals surface area contributed by atoms with Crippen LogP contribution in [0.4, 0.5) is 0 Å². The summed E-state index contributed by atoms with van der Waals surface area (Å²) in [7, 11) is 1.91. The van der Waals surface area contributed by atoms with Gasteiger partial charge >= 0.3 is 0 Å². The average Bonchev–Trinajstić information content (AvgIpc) is 2.77. The molecule has 0 unspecified atom stereocenters. The summed E-state index contributed by atoms with van der Waals surface area (Å²) < 4.78 is 1.80. The van der Waals surface area contributed by atoms with E-state index < -0.39 is 0 Å². The summed E-state index contributed by atoms with van der Waals surface area (Å²) in [6, 6.07) is 10.4. The van der Waals surface area contributed by atoms with E-state index in [1.807, 2.05) is 13.1 Å². The van der Waals surface area contributed by atoms with Crippen molar-refractivity contribution < 1.29 is 0 Å². The molecule has 96 valence electrons. The molecule has 0 saturated carbocycles. The Kier molecular flexibility index (Phi) is 4.73.